The first-order valence-corrected chi connectivity index (χ1v) is 8.16. The molecule has 0 fully saturated rings. The first kappa shape index (κ1) is 15.4. The summed E-state index contributed by atoms with van der Waals surface area (Å²) in [5.74, 6) is 1.56. The molecule has 3 N–H and O–H groups in total. The SMILES string of the molecule is CNc1cc(NC(C)C(CO)SC)nc(SC)n1. The van der Waals surface area contributed by atoms with Crippen molar-refractivity contribution in [1.82, 2.24) is 9.97 Å². The van der Waals surface area contributed by atoms with Gasteiger partial charge in [-0.2, -0.15) is 11.8 Å². The maximum Gasteiger partial charge on any atom is 0.191 e. The van der Waals surface area contributed by atoms with Gasteiger partial charge < -0.3 is 15.7 Å². The predicted octanol–water partition coefficient (Wildman–Crippen LogP) is 1.76. The average Bonchev–Trinajstić information content (AvgIpc) is 2.39. The van der Waals surface area contributed by atoms with E-state index in [1.54, 1.807) is 11.8 Å². The van der Waals surface area contributed by atoms with Crippen molar-refractivity contribution in [2.75, 3.05) is 36.8 Å². The van der Waals surface area contributed by atoms with E-state index >= 15 is 0 Å². The molecule has 0 aliphatic rings. The quantitative estimate of drug-likeness (QED) is 0.522. The molecule has 1 aromatic rings. The zero-order chi connectivity index (χ0) is 13.5. The van der Waals surface area contributed by atoms with Crippen LogP contribution >= 0.6 is 23.5 Å². The molecule has 18 heavy (non-hydrogen) atoms. The number of hydrogen-bond acceptors (Lipinski definition) is 7. The molecule has 0 amide bonds. The Balaban J connectivity index is 2.82. The van der Waals surface area contributed by atoms with Crippen LogP contribution in [0, 0.1) is 0 Å². The minimum atomic E-state index is 0.138. The van der Waals surface area contributed by atoms with E-state index in [4.69, 9.17) is 0 Å². The van der Waals surface area contributed by atoms with Gasteiger partial charge in [0.05, 0.1) is 6.61 Å². The van der Waals surface area contributed by atoms with Crippen LogP contribution in [0.2, 0.25) is 0 Å². The Morgan fingerprint density at radius 1 is 1.33 bits per heavy atom. The average molecular weight is 288 g/mol. The highest BCUT2D eigenvalue weighted by molar-refractivity contribution is 7.99. The molecular weight excluding hydrogens is 268 g/mol. The number of hydrogen-bond donors (Lipinski definition) is 3. The van der Waals surface area contributed by atoms with E-state index in [0.29, 0.717) is 0 Å². The third-order valence-electron chi connectivity index (χ3n) is 2.56. The van der Waals surface area contributed by atoms with Gasteiger partial charge in [-0.3, -0.25) is 0 Å². The summed E-state index contributed by atoms with van der Waals surface area (Å²) < 4.78 is 0. The van der Waals surface area contributed by atoms with Crippen molar-refractivity contribution in [3.05, 3.63) is 6.07 Å². The minimum absolute atomic E-state index is 0.138. The summed E-state index contributed by atoms with van der Waals surface area (Å²) >= 11 is 3.14. The second-order valence-electron chi connectivity index (χ2n) is 3.76. The van der Waals surface area contributed by atoms with Gasteiger partial charge in [-0.1, -0.05) is 11.8 Å². The lowest BCUT2D eigenvalue weighted by molar-refractivity contribution is 0.288. The number of aliphatic hydroxyl groups is 1. The number of aromatic nitrogens is 2. The third kappa shape index (κ3) is 4.22. The molecule has 0 spiro atoms. The van der Waals surface area contributed by atoms with E-state index in [2.05, 4.69) is 20.6 Å². The monoisotopic (exact) mass is 288 g/mol. The normalized spacial score (nSPS) is 14.1. The molecule has 1 rings (SSSR count). The van der Waals surface area contributed by atoms with Crippen LogP contribution in [-0.2, 0) is 0 Å². The van der Waals surface area contributed by atoms with Crippen LogP contribution in [0.15, 0.2) is 11.2 Å². The topological polar surface area (TPSA) is 70.1 Å². The first-order valence-electron chi connectivity index (χ1n) is 5.65. The van der Waals surface area contributed by atoms with Gasteiger partial charge >= 0.3 is 0 Å². The molecule has 5 nitrogen and oxygen atoms in total. The molecule has 1 aromatic heterocycles. The lowest BCUT2D eigenvalue weighted by Gasteiger charge is -2.22. The summed E-state index contributed by atoms with van der Waals surface area (Å²) in [5.41, 5.74) is 0. The smallest absolute Gasteiger partial charge is 0.191 e. The third-order valence-corrected chi connectivity index (χ3v) is 4.27. The van der Waals surface area contributed by atoms with Gasteiger partial charge in [0.2, 0.25) is 0 Å². The summed E-state index contributed by atoms with van der Waals surface area (Å²) in [6.45, 7) is 2.19. The van der Waals surface area contributed by atoms with Crippen LogP contribution in [0.1, 0.15) is 6.92 Å². The number of rotatable bonds is 7. The van der Waals surface area contributed by atoms with E-state index in [9.17, 15) is 5.11 Å². The number of anilines is 2. The van der Waals surface area contributed by atoms with Crippen molar-refractivity contribution >= 4 is 35.2 Å². The molecule has 0 saturated heterocycles. The zero-order valence-electron chi connectivity index (χ0n) is 11.1. The van der Waals surface area contributed by atoms with E-state index < -0.39 is 0 Å². The van der Waals surface area contributed by atoms with Crippen LogP contribution in [0.3, 0.4) is 0 Å². The Hall–Kier alpha value is -0.660. The molecule has 2 atom stereocenters. The minimum Gasteiger partial charge on any atom is -0.395 e. The van der Waals surface area contributed by atoms with Crippen molar-refractivity contribution in [3.8, 4) is 0 Å². The van der Waals surface area contributed by atoms with Gasteiger partial charge in [0.25, 0.3) is 0 Å². The Morgan fingerprint density at radius 3 is 2.50 bits per heavy atom. The maximum absolute atomic E-state index is 9.27. The van der Waals surface area contributed by atoms with Crippen LogP contribution in [0.5, 0.6) is 0 Å². The van der Waals surface area contributed by atoms with E-state index in [-0.39, 0.29) is 17.9 Å². The Labute approximate surface area is 117 Å². The standard InChI is InChI=1S/C11H20N4OS2/c1-7(8(6-16)17-3)13-10-5-9(12-2)14-11(15-10)18-4/h5,7-8,16H,6H2,1-4H3,(H2,12,13,14,15). The van der Waals surface area contributed by atoms with Crippen LogP contribution < -0.4 is 10.6 Å². The molecule has 0 aliphatic heterocycles. The molecule has 0 aliphatic carbocycles. The molecule has 0 aromatic carbocycles. The van der Waals surface area contributed by atoms with E-state index in [1.165, 1.54) is 11.8 Å². The van der Waals surface area contributed by atoms with Crippen molar-refractivity contribution < 1.29 is 5.11 Å². The van der Waals surface area contributed by atoms with Crippen LogP contribution in [-0.4, -0.2) is 52.5 Å². The van der Waals surface area contributed by atoms with Gasteiger partial charge in [0, 0.05) is 24.4 Å². The summed E-state index contributed by atoms with van der Waals surface area (Å²) in [4.78, 5) is 8.71. The van der Waals surface area contributed by atoms with Crippen molar-refractivity contribution in [2.24, 2.45) is 0 Å². The highest BCUT2D eigenvalue weighted by Gasteiger charge is 2.16. The molecule has 0 radical (unpaired) electrons. The fourth-order valence-electron chi connectivity index (χ4n) is 1.48. The van der Waals surface area contributed by atoms with Crippen LogP contribution in [0.4, 0.5) is 11.6 Å². The van der Waals surface area contributed by atoms with E-state index in [0.717, 1.165) is 16.8 Å². The molecule has 7 heteroatoms. The lowest BCUT2D eigenvalue weighted by Crippen LogP contribution is -2.31. The number of thioether (sulfide) groups is 2. The largest absolute Gasteiger partial charge is 0.395 e. The van der Waals surface area contributed by atoms with Gasteiger partial charge in [-0.25, -0.2) is 9.97 Å². The second kappa shape index (κ2) is 7.70. The molecule has 102 valence electrons. The maximum atomic E-state index is 9.27. The number of nitrogens with zero attached hydrogens (tertiary/aromatic N) is 2. The van der Waals surface area contributed by atoms with Gasteiger partial charge in [0.1, 0.15) is 11.6 Å². The Kier molecular flexibility index (Phi) is 6.59. The summed E-state index contributed by atoms with van der Waals surface area (Å²) in [5, 5.41) is 16.5. The number of aliphatic hydroxyl groups excluding tert-OH is 1. The highest BCUT2D eigenvalue weighted by atomic mass is 32.2. The second-order valence-corrected chi connectivity index (χ2v) is 5.62. The highest BCUT2D eigenvalue weighted by Crippen LogP contribution is 2.20. The molecule has 0 bridgehead atoms. The Morgan fingerprint density at radius 2 is 2.00 bits per heavy atom. The summed E-state index contributed by atoms with van der Waals surface area (Å²) in [6, 6.07) is 2.00. The molecule has 0 saturated carbocycles. The Bertz CT molecular complexity index is 352. The van der Waals surface area contributed by atoms with Crippen molar-refractivity contribution in [3.63, 3.8) is 0 Å². The van der Waals surface area contributed by atoms with Gasteiger partial charge in [-0.05, 0) is 19.4 Å². The summed E-state index contributed by atoms with van der Waals surface area (Å²) in [7, 11) is 1.83. The molecular formula is C11H20N4OS2. The fourth-order valence-corrected chi connectivity index (χ4v) is 2.49. The predicted molar refractivity (Wildman–Crippen MR) is 80.8 cm³/mol. The zero-order valence-corrected chi connectivity index (χ0v) is 12.7. The lowest BCUT2D eigenvalue weighted by atomic mass is 10.2. The van der Waals surface area contributed by atoms with Crippen molar-refractivity contribution in [1.29, 1.82) is 0 Å². The van der Waals surface area contributed by atoms with Crippen LogP contribution in [0.25, 0.3) is 0 Å². The van der Waals surface area contributed by atoms with Gasteiger partial charge in [0.15, 0.2) is 5.16 Å². The van der Waals surface area contributed by atoms with Crippen molar-refractivity contribution in [2.45, 2.75) is 23.4 Å². The summed E-state index contributed by atoms with van der Waals surface area (Å²) in [6.07, 6.45) is 3.94. The van der Waals surface area contributed by atoms with Gasteiger partial charge in [-0.15, -0.1) is 0 Å². The first-order chi connectivity index (χ1) is 8.64. The van der Waals surface area contributed by atoms with E-state index in [1.807, 2.05) is 32.5 Å². The number of nitrogens with one attached hydrogen (secondary N) is 2. The molecule has 2 unspecified atom stereocenters. The molecule has 1 heterocycles. The fraction of sp³-hybridized carbons (Fsp3) is 0.636.